The van der Waals surface area contributed by atoms with Crippen LogP contribution in [0.1, 0.15) is 31.4 Å². The number of fused-ring (bicyclic) bond motifs is 1. The molecule has 0 unspecified atom stereocenters. The van der Waals surface area contributed by atoms with Gasteiger partial charge in [-0.15, -0.1) is 0 Å². The highest BCUT2D eigenvalue weighted by Gasteiger charge is 2.25. The summed E-state index contributed by atoms with van der Waals surface area (Å²) in [6, 6.07) is 6.57. The van der Waals surface area contributed by atoms with E-state index in [1.807, 2.05) is 4.90 Å². The number of aryl methyl sites for hydroxylation is 1. The number of nitrogens with zero attached hydrogens (tertiary/aromatic N) is 1. The predicted molar refractivity (Wildman–Crippen MR) is 70.1 cm³/mol. The first-order valence-electron chi connectivity index (χ1n) is 6.27. The SMILES string of the molecule is CC(C)N1C(=O)CCc2cc(CCN)ccc21. The van der Waals surface area contributed by atoms with Gasteiger partial charge in [-0.3, -0.25) is 4.79 Å². The number of carbonyl (C=O) groups excluding carboxylic acids is 1. The first kappa shape index (κ1) is 12.1. The number of benzene rings is 1. The second-order valence-electron chi connectivity index (χ2n) is 4.86. The number of hydrogen-bond acceptors (Lipinski definition) is 2. The van der Waals surface area contributed by atoms with Crippen molar-refractivity contribution in [2.24, 2.45) is 5.73 Å². The van der Waals surface area contributed by atoms with Gasteiger partial charge in [0.15, 0.2) is 0 Å². The quantitative estimate of drug-likeness (QED) is 0.865. The minimum absolute atomic E-state index is 0.224. The Morgan fingerprint density at radius 3 is 2.76 bits per heavy atom. The van der Waals surface area contributed by atoms with Crippen LogP contribution in [0.25, 0.3) is 0 Å². The number of rotatable bonds is 3. The van der Waals surface area contributed by atoms with Crippen LogP contribution in [0, 0.1) is 0 Å². The van der Waals surface area contributed by atoms with Crippen LogP contribution in [0.3, 0.4) is 0 Å². The van der Waals surface area contributed by atoms with Gasteiger partial charge in [0.25, 0.3) is 0 Å². The zero-order valence-corrected chi connectivity index (χ0v) is 10.6. The number of nitrogens with two attached hydrogens (primary N) is 1. The molecule has 1 aromatic rings. The normalized spacial score (nSPS) is 15.3. The molecule has 0 atom stereocenters. The van der Waals surface area contributed by atoms with Crippen LogP contribution in [0.2, 0.25) is 0 Å². The van der Waals surface area contributed by atoms with E-state index in [0.717, 1.165) is 18.5 Å². The Morgan fingerprint density at radius 2 is 2.12 bits per heavy atom. The average molecular weight is 232 g/mol. The molecule has 1 heterocycles. The fourth-order valence-electron chi connectivity index (χ4n) is 2.46. The van der Waals surface area contributed by atoms with Gasteiger partial charge in [-0.1, -0.05) is 12.1 Å². The Morgan fingerprint density at radius 1 is 1.35 bits per heavy atom. The molecule has 0 saturated heterocycles. The Balaban J connectivity index is 2.37. The smallest absolute Gasteiger partial charge is 0.227 e. The van der Waals surface area contributed by atoms with Crippen LogP contribution in [0.4, 0.5) is 5.69 Å². The fourth-order valence-corrected chi connectivity index (χ4v) is 2.46. The molecular formula is C14H20N2O. The number of amides is 1. The van der Waals surface area contributed by atoms with Crippen molar-refractivity contribution in [2.75, 3.05) is 11.4 Å². The zero-order valence-electron chi connectivity index (χ0n) is 10.6. The fraction of sp³-hybridized carbons (Fsp3) is 0.500. The molecule has 0 aromatic heterocycles. The molecule has 17 heavy (non-hydrogen) atoms. The van der Waals surface area contributed by atoms with Crippen LogP contribution in [0.5, 0.6) is 0 Å². The van der Waals surface area contributed by atoms with E-state index in [2.05, 4.69) is 32.0 Å². The summed E-state index contributed by atoms with van der Waals surface area (Å²) in [5, 5.41) is 0. The van der Waals surface area contributed by atoms with Gasteiger partial charge in [-0.2, -0.15) is 0 Å². The molecule has 0 bridgehead atoms. The molecule has 0 aliphatic carbocycles. The van der Waals surface area contributed by atoms with E-state index >= 15 is 0 Å². The second-order valence-corrected chi connectivity index (χ2v) is 4.86. The molecule has 3 heteroatoms. The predicted octanol–water partition coefficient (Wildman–Crippen LogP) is 1.88. The molecule has 1 amide bonds. The van der Waals surface area contributed by atoms with Gasteiger partial charge < -0.3 is 10.6 Å². The van der Waals surface area contributed by atoms with Crippen molar-refractivity contribution in [3.8, 4) is 0 Å². The maximum absolute atomic E-state index is 11.9. The van der Waals surface area contributed by atoms with E-state index in [1.165, 1.54) is 11.1 Å². The topological polar surface area (TPSA) is 46.3 Å². The summed E-state index contributed by atoms with van der Waals surface area (Å²) in [6.07, 6.45) is 2.38. The monoisotopic (exact) mass is 232 g/mol. The highest BCUT2D eigenvalue weighted by atomic mass is 16.2. The lowest BCUT2D eigenvalue weighted by molar-refractivity contribution is -0.119. The molecule has 0 saturated carbocycles. The standard InChI is InChI=1S/C14H20N2O/c1-10(2)16-13-5-3-11(7-8-15)9-12(13)4-6-14(16)17/h3,5,9-10H,4,6-8,15H2,1-2H3. The van der Waals surface area contributed by atoms with E-state index < -0.39 is 0 Å². The highest BCUT2D eigenvalue weighted by Crippen LogP contribution is 2.30. The first-order valence-corrected chi connectivity index (χ1v) is 6.27. The minimum Gasteiger partial charge on any atom is -0.330 e. The highest BCUT2D eigenvalue weighted by molar-refractivity contribution is 5.96. The van der Waals surface area contributed by atoms with Crippen molar-refractivity contribution in [3.05, 3.63) is 29.3 Å². The van der Waals surface area contributed by atoms with Gasteiger partial charge in [-0.05, 0) is 50.4 Å². The third kappa shape index (κ3) is 2.34. The molecule has 2 rings (SSSR count). The number of hydrogen-bond donors (Lipinski definition) is 1. The molecule has 3 nitrogen and oxygen atoms in total. The van der Waals surface area contributed by atoms with Crippen LogP contribution in [-0.2, 0) is 17.6 Å². The van der Waals surface area contributed by atoms with Crippen molar-refractivity contribution < 1.29 is 4.79 Å². The second kappa shape index (κ2) is 4.88. The van der Waals surface area contributed by atoms with E-state index in [-0.39, 0.29) is 11.9 Å². The van der Waals surface area contributed by atoms with Crippen LogP contribution in [-0.4, -0.2) is 18.5 Å². The first-order chi connectivity index (χ1) is 8.13. The Hall–Kier alpha value is -1.35. The van der Waals surface area contributed by atoms with Gasteiger partial charge in [-0.25, -0.2) is 0 Å². The summed E-state index contributed by atoms with van der Waals surface area (Å²) in [7, 11) is 0. The summed E-state index contributed by atoms with van der Waals surface area (Å²) in [5.41, 5.74) is 9.20. The summed E-state index contributed by atoms with van der Waals surface area (Å²) in [5.74, 6) is 0.235. The van der Waals surface area contributed by atoms with E-state index in [1.54, 1.807) is 0 Å². The Kier molecular flexibility index (Phi) is 3.48. The molecule has 1 aliphatic heterocycles. The summed E-state index contributed by atoms with van der Waals surface area (Å²) < 4.78 is 0. The summed E-state index contributed by atoms with van der Waals surface area (Å²) in [6.45, 7) is 4.78. The maximum atomic E-state index is 11.9. The van der Waals surface area contributed by atoms with Crippen molar-refractivity contribution in [3.63, 3.8) is 0 Å². The van der Waals surface area contributed by atoms with Crippen LogP contribution < -0.4 is 10.6 Å². The molecule has 0 fully saturated rings. The zero-order chi connectivity index (χ0) is 12.4. The van der Waals surface area contributed by atoms with Crippen molar-refractivity contribution >= 4 is 11.6 Å². The van der Waals surface area contributed by atoms with Gasteiger partial charge in [0, 0.05) is 18.2 Å². The lowest BCUT2D eigenvalue weighted by Gasteiger charge is -2.33. The van der Waals surface area contributed by atoms with Crippen molar-refractivity contribution in [1.29, 1.82) is 0 Å². The molecule has 0 spiro atoms. The van der Waals surface area contributed by atoms with Gasteiger partial charge in [0.1, 0.15) is 0 Å². The third-order valence-corrected chi connectivity index (χ3v) is 3.23. The Labute approximate surface area is 103 Å². The Bertz CT molecular complexity index is 426. The number of carbonyl (C=O) groups is 1. The average Bonchev–Trinajstić information content (AvgIpc) is 2.29. The van der Waals surface area contributed by atoms with E-state index in [0.29, 0.717) is 13.0 Å². The van der Waals surface area contributed by atoms with E-state index in [4.69, 9.17) is 5.73 Å². The number of anilines is 1. The minimum atomic E-state index is 0.224. The van der Waals surface area contributed by atoms with Gasteiger partial charge >= 0.3 is 0 Å². The molecule has 1 aromatic carbocycles. The van der Waals surface area contributed by atoms with Gasteiger partial charge in [0.05, 0.1) is 0 Å². The molecule has 2 N–H and O–H groups in total. The third-order valence-electron chi connectivity index (χ3n) is 3.23. The van der Waals surface area contributed by atoms with Crippen molar-refractivity contribution in [1.82, 2.24) is 0 Å². The van der Waals surface area contributed by atoms with Gasteiger partial charge in [0.2, 0.25) is 5.91 Å². The maximum Gasteiger partial charge on any atom is 0.227 e. The summed E-state index contributed by atoms with van der Waals surface area (Å²) >= 11 is 0. The molecule has 1 aliphatic rings. The van der Waals surface area contributed by atoms with Crippen LogP contribution in [0.15, 0.2) is 18.2 Å². The van der Waals surface area contributed by atoms with E-state index in [9.17, 15) is 4.79 Å². The molecule has 0 radical (unpaired) electrons. The lowest BCUT2D eigenvalue weighted by atomic mass is 9.97. The summed E-state index contributed by atoms with van der Waals surface area (Å²) in [4.78, 5) is 13.8. The van der Waals surface area contributed by atoms with Crippen LogP contribution >= 0.6 is 0 Å². The molecule has 92 valence electrons. The van der Waals surface area contributed by atoms with Crippen molar-refractivity contribution in [2.45, 2.75) is 39.2 Å². The largest absolute Gasteiger partial charge is 0.330 e. The lowest BCUT2D eigenvalue weighted by Crippen LogP contribution is -2.40. The molecular weight excluding hydrogens is 212 g/mol.